The van der Waals surface area contributed by atoms with Crippen LogP contribution in [-0.4, -0.2) is 19.8 Å². The number of nitriles is 1. The van der Waals surface area contributed by atoms with Gasteiger partial charge in [-0.2, -0.15) is 5.26 Å². The van der Waals surface area contributed by atoms with Gasteiger partial charge in [0.1, 0.15) is 16.4 Å². The lowest BCUT2D eigenvalue weighted by Gasteiger charge is -2.08. The van der Waals surface area contributed by atoms with Gasteiger partial charge < -0.3 is 4.52 Å². The first kappa shape index (κ1) is 19.6. The molecule has 3 aromatic rings. The molecule has 0 unspecified atom stereocenters. The van der Waals surface area contributed by atoms with Crippen LogP contribution in [0.1, 0.15) is 23.3 Å². The van der Waals surface area contributed by atoms with Crippen molar-refractivity contribution >= 4 is 9.84 Å². The highest BCUT2D eigenvalue weighted by Gasteiger charge is 2.27. The van der Waals surface area contributed by atoms with Crippen LogP contribution in [0.25, 0.3) is 22.4 Å². The van der Waals surface area contributed by atoms with Gasteiger partial charge in [0.25, 0.3) is 6.43 Å². The van der Waals surface area contributed by atoms with Gasteiger partial charge in [-0.05, 0) is 42.3 Å². The van der Waals surface area contributed by atoms with Crippen LogP contribution in [0.15, 0.2) is 45.8 Å². The van der Waals surface area contributed by atoms with Crippen molar-refractivity contribution in [1.29, 1.82) is 5.26 Å². The minimum absolute atomic E-state index is 0.00142. The fourth-order valence-corrected chi connectivity index (χ4v) is 3.55. The van der Waals surface area contributed by atoms with Crippen molar-refractivity contribution in [3.8, 4) is 28.5 Å². The van der Waals surface area contributed by atoms with Crippen LogP contribution in [0.2, 0.25) is 0 Å². The summed E-state index contributed by atoms with van der Waals surface area (Å²) < 4.78 is 69.2. The molecule has 0 aliphatic carbocycles. The molecule has 0 N–H and O–H groups in total. The number of alkyl halides is 2. The third-order valence-electron chi connectivity index (χ3n) is 4.16. The number of hydrogen-bond donors (Lipinski definition) is 0. The predicted molar refractivity (Wildman–Crippen MR) is 94.9 cm³/mol. The summed E-state index contributed by atoms with van der Waals surface area (Å²) in [5.41, 5.74) is 1.30. The molecular weight excluding hydrogens is 393 g/mol. The molecule has 0 saturated carbocycles. The Kier molecular flexibility index (Phi) is 5.00. The Hall–Kier alpha value is -3.12. The Labute approximate surface area is 158 Å². The fraction of sp³-hybridized carbons (Fsp3) is 0.158. The lowest BCUT2D eigenvalue weighted by Crippen LogP contribution is -2.01. The number of halogens is 3. The first-order chi connectivity index (χ1) is 13.1. The molecule has 0 aliphatic heterocycles. The molecule has 144 valence electrons. The minimum Gasteiger partial charge on any atom is -0.354 e. The van der Waals surface area contributed by atoms with E-state index >= 15 is 0 Å². The highest BCUT2D eigenvalue weighted by molar-refractivity contribution is 7.90. The van der Waals surface area contributed by atoms with Crippen LogP contribution < -0.4 is 0 Å². The smallest absolute Gasteiger partial charge is 0.298 e. The molecule has 2 aromatic carbocycles. The van der Waals surface area contributed by atoms with Crippen molar-refractivity contribution in [2.45, 2.75) is 18.2 Å². The lowest BCUT2D eigenvalue weighted by molar-refractivity contribution is 0.113. The van der Waals surface area contributed by atoms with Crippen LogP contribution in [0.5, 0.6) is 0 Å². The third-order valence-corrected chi connectivity index (χ3v) is 5.29. The van der Waals surface area contributed by atoms with Crippen LogP contribution in [-0.2, 0) is 9.84 Å². The van der Waals surface area contributed by atoms with Gasteiger partial charge in [0.05, 0.1) is 17.2 Å². The summed E-state index contributed by atoms with van der Waals surface area (Å²) in [6.07, 6.45) is -2.17. The van der Waals surface area contributed by atoms with Crippen molar-refractivity contribution in [3.05, 3.63) is 59.1 Å². The SMILES string of the molecule is Cc1cc(-c2noc(C(F)F)c2-c2ccc(S(C)(=O)=O)c(F)c2)ccc1C#N. The second-order valence-corrected chi connectivity index (χ2v) is 8.11. The van der Waals surface area contributed by atoms with E-state index in [1.54, 1.807) is 13.0 Å². The molecule has 0 radical (unpaired) electrons. The first-order valence-corrected chi connectivity index (χ1v) is 9.81. The van der Waals surface area contributed by atoms with Crippen LogP contribution >= 0.6 is 0 Å². The largest absolute Gasteiger partial charge is 0.354 e. The minimum atomic E-state index is -3.81. The summed E-state index contributed by atoms with van der Waals surface area (Å²) in [6.45, 7) is 1.68. The number of rotatable bonds is 4. The number of hydrogen-bond acceptors (Lipinski definition) is 5. The predicted octanol–water partition coefficient (Wildman–Crippen LogP) is 4.67. The zero-order valence-electron chi connectivity index (χ0n) is 14.7. The van der Waals surface area contributed by atoms with Crippen molar-refractivity contribution < 1.29 is 26.1 Å². The number of aryl methyl sites for hydroxylation is 1. The van der Waals surface area contributed by atoms with E-state index < -0.39 is 32.7 Å². The summed E-state index contributed by atoms with van der Waals surface area (Å²) in [4.78, 5) is -0.540. The van der Waals surface area contributed by atoms with Crippen molar-refractivity contribution in [3.63, 3.8) is 0 Å². The molecule has 0 atom stereocenters. The molecule has 0 fully saturated rings. The Morgan fingerprint density at radius 1 is 1.14 bits per heavy atom. The van der Waals surface area contributed by atoms with Crippen LogP contribution in [0.4, 0.5) is 13.2 Å². The van der Waals surface area contributed by atoms with Gasteiger partial charge >= 0.3 is 0 Å². The van der Waals surface area contributed by atoms with Crippen molar-refractivity contribution in [2.75, 3.05) is 6.26 Å². The van der Waals surface area contributed by atoms with Gasteiger partial charge in [-0.25, -0.2) is 21.6 Å². The molecule has 0 saturated heterocycles. The molecule has 1 aromatic heterocycles. The van der Waals surface area contributed by atoms with Gasteiger partial charge in [0, 0.05) is 11.8 Å². The lowest BCUT2D eigenvalue weighted by atomic mass is 9.97. The van der Waals surface area contributed by atoms with E-state index in [9.17, 15) is 21.6 Å². The highest BCUT2D eigenvalue weighted by atomic mass is 32.2. The highest BCUT2D eigenvalue weighted by Crippen LogP contribution is 2.40. The maximum Gasteiger partial charge on any atom is 0.298 e. The number of benzene rings is 2. The summed E-state index contributed by atoms with van der Waals surface area (Å²) in [5.74, 6) is -1.83. The molecule has 9 heteroatoms. The third kappa shape index (κ3) is 3.51. The molecule has 0 spiro atoms. The molecule has 5 nitrogen and oxygen atoms in total. The average Bonchev–Trinajstić information content (AvgIpc) is 3.05. The van der Waals surface area contributed by atoms with Crippen molar-refractivity contribution in [2.24, 2.45) is 0 Å². The normalized spacial score (nSPS) is 11.6. The second-order valence-electron chi connectivity index (χ2n) is 6.13. The van der Waals surface area contributed by atoms with Crippen molar-refractivity contribution in [1.82, 2.24) is 5.16 Å². The molecule has 1 heterocycles. The first-order valence-electron chi connectivity index (χ1n) is 7.92. The van der Waals surface area contributed by atoms with Crippen LogP contribution in [0, 0.1) is 24.1 Å². The van der Waals surface area contributed by atoms with E-state index in [0.717, 1.165) is 18.4 Å². The van der Waals surface area contributed by atoms with E-state index in [4.69, 9.17) is 9.78 Å². The van der Waals surface area contributed by atoms with E-state index in [2.05, 4.69) is 5.16 Å². The Morgan fingerprint density at radius 3 is 2.36 bits per heavy atom. The second kappa shape index (κ2) is 7.13. The topological polar surface area (TPSA) is 84.0 Å². The Bertz CT molecular complexity index is 1210. The van der Waals surface area contributed by atoms with E-state index in [0.29, 0.717) is 16.7 Å². The summed E-state index contributed by atoms with van der Waals surface area (Å²) in [7, 11) is -3.81. The van der Waals surface area contributed by atoms with E-state index in [-0.39, 0.29) is 16.8 Å². The number of nitrogens with zero attached hydrogens (tertiary/aromatic N) is 2. The molecular formula is C19H13F3N2O3S. The van der Waals surface area contributed by atoms with Crippen LogP contribution in [0.3, 0.4) is 0 Å². The van der Waals surface area contributed by atoms with Gasteiger partial charge in [0.15, 0.2) is 9.84 Å². The van der Waals surface area contributed by atoms with Gasteiger partial charge in [0.2, 0.25) is 5.76 Å². The van der Waals surface area contributed by atoms with Gasteiger partial charge in [-0.15, -0.1) is 0 Å². The zero-order valence-corrected chi connectivity index (χ0v) is 15.5. The quantitative estimate of drug-likeness (QED) is 0.629. The standard InChI is InChI=1S/C19H13F3N2O3S/c1-10-7-12(3-4-13(10)9-23)17-16(18(19(21)22)27-24-17)11-5-6-15(14(20)8-11)28(2,25)26/h3-8,19H,1-2H3. The monoisotopic (exact) mass is 406 g/mol. The van der Waals surface area contributed by atoms with E-state index in [1.165, 1.54) is 18.2 Å². The number of sulfone groups is 1. The molecule has 0 aliphatic rings. The maximum absolute atomic E-state index is 14.3. The van der Waals surface area contributed by atoms with E-state index in [1.807, 2.05) is 6.07 Å². The molecule has 28 heavy (non-hydrogen) atoms. The van der Waals surface area contributed by atoms with Gasteiger partial charge in [-0.1, -0.05) is 17.3 Å². The van der Waals surface area contributed by atoms with Gasteiger partial charge in [-0.3, -0.25) is 0 Å². The summed E-state index contributed by atoms with van der Waals surface area (Å²) in [5, 5.41) is 12.7. The fourth-order valence-electron chi connectivity index (χ4n) is 2.82. The average molecular weight is 406 g/mol. The number of aromatic nitrogens is 1. The summed E-state index contributed by atoms with van der Waals surface area (Å²) >= 11 is 0. The Balaban J connectivity index is 2.24. The Morgan fingerprint density at radius 2 is 1.82 bits per heavy atom. The molecule has 0 amide bonds. The molecule has 0 bridgehead atoms. The zero-order chi connectivity index (χ0) is 20.6. The maximum atomic E-state index is 14.3. The summed E-state index contributed by atoms with van der Waals surface area (Å²) in [6, 6.07) is 9.70. The molecule has 3 rings (SSSR count).